The molecule has 0 amide bonds. The number of aromatic carboxylic acids is 1. The van der Waals surface area contributed by atoms with Crippen LogP contribution in [-0.2, 0) is 25.7 Å². The van der Waals surface area contributed by atoms with Crippen LogP contribution in [0.5, 0.6) is 17.2 Å². The third kappa shape index (κ3) is 10.2. The van der Waals surface area contributed by atoms with Crippen molar-refractivity contribution in [1.29, 1.82) is 0 Å². The van der Waals surface area contributed by atoms with Crippen molar-refractivity contribution in [2.45, 2.75) is 173 Å². The first-order valence-corrected chi connectivity index (χ1v) is 21.5. The second kappa shape index (κ2) is 22.7. The van der Waals surface area contributed by atoms with Gasteiger partial charge in [-0.3, -0.25) is 0 Å². The summed E-state index contributed by atoms with van der Waals surface area (Å²) < 4.78 is 13.1. The molecular weight excluding hydrogens is 657 g/mol. The first-order valence-electron chi connectivity index (χ1n) is 21.5. The summed E-state index contributed by atoms with van der Waals surface area (Å²) in [5.41, 5.74) is 7.08. The number of aromatic hydroxyl groups is 1. The van der Waals surface area contributed by atoms with Crippen molar-refractivity contribution in [2.75, 3.05) is 0 Å². The highest BCUT2D eigenvalue weighted by atomic mass is 16.5. The van der Waals surface area contributed by atoms with Crippen molar-refractivity contribution in [1.82, 2.24) is 0 Å². The van der Waals surface area contributed by atoms with E-state index in [4.69, 9.17) is 9.47 Å². The van der Waals surface area contributed by atoms with Gasteiger partial charge in [-0.1, -0.05) is 115 Å². The van der Waals surface area contributed by atoms with Crippen molar-refractivity contribution in [3.05, 3.63) is 64.2 Å². The quantitative estimate of drug-likeness (QED) is 0.273. The Morgan fingerprint density at radius 1 is 0.585 bits per heavy atom. The van der Waals surface area contributed by atoms with E-state index in [9.17, 15) is 15.0 Å². The molecule has 4 aliphatic carbocycles. The summed E-state index contributed by atoms with van der Waals surface area (Å²) in [6, 6.07) is 12.3. The monoisotopic (exact) mass is 731 g/mol. The summed E-state index contributed by atoms with van der Waals surface area (Å²) in [4.78, 5) is 13.3. The van der Waals surface area contributed by atoms with Gasteiger partial charge in [-0.05, 0) is 122 Å². The zero-order chi connectivity index (χ0) is 39.8. The third-order valence-corrected chi connectivity index (χ3v) is 11.1. The first kappa shape index (κ1) is 45.7. The van der Waals surface area contributed by atoms with Crippen LogP contribution in [0.2, 0.25) is 0 Å². The van der Waals surface area contributed by atoms with Crippen LogP contribution in [0.25, 0.3) is 22.3 Å². The number of carboxylic acid groups (broad SMARTS) is 1. The Morgan fingerprint density at radius 2 is 1.02 bits per heavy atom. The lowest BCUT2D eigenvalue weighted by Gasteiger charge is -2.34. The Morgan fingerprint density at radius 3 is 1.49 bits per heavy atom. The first-order chi connectivity index (χ1) is 25.8. The lowest BCUT2D eigenvalue weighted by atomic mass is 9.74. The number of benzene rings is 3. The van der Waals surface area contributed by atoms with Crippen LogP contribution in [0.3, 0.4) is 0 Å². The maximum absolute atomic E-state index is 13.3. The van der Waals surface area contributed by atoms with E-state index < -0.39 is 5.97 Å². The molecule has 2 saturated carbocycles. The fraction of sp³-hybridized carbons (Fsp3) is 0.604. The molecule has 53 heavy (non-hydrogen) atoms. The molecule has 0 aliphatic heterocycles. The van der Waals surface area contributed by atoms with Gasteiger partial charge < -0.3 is 19.7 Å². The molecule has 3 aromatic carbocycles. The van der Waals surface area contributed by atoms with E-state index in [2.05, 4.69) is 32.9 Å². The van der Waals surface area contributed by atoms with Gasteiger partial charge in [-0.25, -0.2) is 4.79 Å². The normalized spacial score (nSPS) is 21.6. The van der Waals surface area contributed by atoms with Crippen LogP contribution in [0.4, 0.5) is 0 Å². The van der Waals surface area contributed by atoms with E-state index in [0.717, 1.165) is 77.0 Å². The maximum Gasteiger partial charge on any atom is 0.336 e. The predicted octanol–water partition coefficient (Wildman–Crippen LogP) is 13.9. The number of carbonyl (C=O) groups is 1. The summed E-state index contributed by atoms with van der Waals surface area (Å²) >= 11 is 0. The molecule has 5 heteroatoms. The largest absolute Gasteiger partial charge is 0.507 e. The minimum Gasteiger partial charge on any atom is -0.507 e. The zero-order valence-corrected chi connectivity index (χ0v) is 35.7. The van der Waals surface area contributed by atoms with Gasteiger partial charge in [0, 0.05) is 22.3 Å². The standard InChI is InChI=1S/C38H44O5.5C2H6/c1-21-8-6-10-33(23(21)3)43-27-16-12-25-14-18-29-35(31(25)20-27)36(38(40)41)34-28(37(29)39)17-13-24-11-15-26(19-30(24)34)42-32-9-5-4-7-22(32)2;5*1-2/h11-12,15-16,19-23,32-33,39H,4-10,13-14,17-18H2,1-3H3,(H,40,41);5*1-2H3. The van der Waals surface area contributed by atoms with E-state index in [1.807, 2.05) is 93.5 Å². The van der Waals surface area contributed by atoms with Crippen molar-refractivity contribution in [3.8, 4) is 39.5 Å². The fourth-order valence-corrected chi connectivity index (χ4v) is 8.33. The Labute approximate surface area is 323 Å². The third-order valence-electron chi connectivity index (χ3n) is 11.1. The molecule has 0 heterocycles. The summed E-state index contributed by atoms with van der Waals surface area (Å²) in [6.07, 6.45) is 11.2. The second-order valence-corrected chi connectivity index (χ2v) is 13.7. The number of phenolic OH excluding ortho intramolecular Hbond substituents is 1. The molecule has 7 rings (SSSR count). The molecule has 2 fully saturated rings. The van der Waals surface area contributed by atoms with Crippen molar-refractivity contribution in [2.24, 2.45) is 17.8 Å². The molecule has 4 aliphatic rings. The molecule has 2 N–H and O–H groups in total. The lowest BCUT2D eigenvalue weighted by molar-refractivity contribution is 0.0689. The number of aryl methyl sites for hydroxylation is 2. The number of hydrogen-bond donors (Lipinski definition) is 2. The molecule has 5 nitrogen and oxygen atoms in total. The highest BCUT2D eigenvalue weighted by Crippen LogP contribution is 2.51. The van der Waals surface area contributed by atoms with Gasteiger partial charge in [0.15, 0.2) is 0 Å². The van der Waals surface area contributed by atoms with Crippen LogP contribution in [-0.4, -0.2) is 28.4 Å². The van der Waals surface area contributed by atoms with E-state index in [1.54, 1.807) is 0 Å². The van der Waals surface area contributed by atoms with Gasteiger partial charge in [-0.2, -0.15) is 0 Å². The molecule has 5 atom stereocenters. The smallest absolute Gasteiger partial charge is 0.336 e. The summed E-state index contributed by atoms with van der Waals surface area (Å²) in [7, 11) is 0. The second-order valence-electron chi connectivity index (χ2n) is 13.7. The van der Waals surface area contributed by atoms with E-state index >= 15 is 0 Å². The van der Waals surface area contributed by atoms with Gasteiger partial charge in [0.1, 0.15) is 29.5 Å². The van der Waals surface area contributed by atoms with Gasteiger partial charge in [-0.15, -0.1) is 0 Å². The molecule has 5 unspecified atom stereocenters. The number of fused-ring (bicyclic) bond motifs is 6. The van der Waals surface area contributed by atoms with E-state index in [1.165, 1.54) is 25.7 Å². The Kier molecular flexibility index (Phi) is 19.5. The topological polar surface area (TPSA) is 76.0 Å². The zero-order valence-electron chi connectivity index (χ0n) is 35.7. The number of rotatable bonds is 5. The minimum atomic E-state index is -0.957. The van der Waals surface area contributed by atoms with Crippen LogP contribution >= 0.6 is 0 Å². The van der Waals surface area contributed by atoms with Gasteiger partial charge in [0.25, 0.3) is 0 Å². The number of ether oxygens (including phenoxy) is 2. The number of carboxylic acids is 1. The number of hydrogen-bond acceptors (Lipinski definition) is 4. The van der Waals surface area contributed by atoms with Gasteiger partial charge in [0.2, 0.25) is 0 Å². The van der Waals surface area contributed by atoms with Crippen LogP contribution in [0, 0.1) is 17.8 Å². The molecule has 0 bridgehead atoms. The maximum atomic E-state index is 13.3. The summed E-state index contributed by atoms with van der Waals surface area (Å²) in [5, 5.41) is 22.6. The van der Waals surface area contributed by atoms with Crippen molar-refractivity contribution < 1.29 is 24.5 Å². The average molecular weight is 731 g/mol. The van der Waals surface area contributed by atoms with Crippen LogP contribution in [0.15, 0.2) is 36.4 Å². The lowest BCUT2D eigenvalue weighted by Crippen LogP contribution is -2.33. The average Bonchev–Trinajstić information content (AvgIpc) is 3.21. The summed E-state index contributed by atoms with van der Waals surface area (Å²) in [5.74, 6) is 2.45. The Balaban J connectivity index is 0.000000900. The van der Waals surface area contributed by atoms with E-state index in [-0.39, 0.29) is 18.0 Å². The van der Waals surface area contributed by atoms with Crippen LogP contribution < -0.4 is 9.47 Å². The SMILES string of the molecule is CC.CC.CC.CC.CC.CC1CCCCC1Oc1ccc2c(c1)-c1c(c(O)c3c(c1C(=O)O)-c1cc(OC4CCCC(C)C4C)ccc1CC3)CC2. The summed E-state index contributed by atoms with van der Waals surface area (Å²) in [6.45, 7) is 26.8. The molecule has 0 radical (unpaired) electrons. The van der Waals surface area contributed by atoms with Gasteiger partial charge >= 0.3 is 5.97 Å². The molecular formula is C48H74O5. The Bertz CT molecular complexity index is 1570. The highest BCUT2D eigenvalue weighted by Gasteiger charge is 2.35. The van der Waals surface area contributed by atoms with E-state index in [0.29, 0.717) is 47.3 Å². The molecule has 0 saturated heterocycles. The molecule has 3 aromatic rings. The molecule has 296 valence electrons. The van der Waals surface area contributed by atoms with Crippen molar-refractivity contribution in [3.63, 3.8) is 0 Å². The predicted molar refractivity (Wildman–Crippen MR) is 226 cm³/mol. The Hall–Kier alpha value is -3.47. The van der Waals surface area contributed by atoms with Crippen LogP contribution in [0.1, 0.15) is 168 Å². The molecule has 0 spiro atoms. The minimum absolute atomic E-state index is 0.151. The molecule has 0 aromatic heterocycles. The van der Waals surface area contributed by atoms with Crippen molar-refractivity contribution >= 4 is 5.97 Å². The number of phenols is 1. The van der Waals surface area contributed by atoms with Gasteiger partial charge in [0.05, 0.1) is 5.56 Å². The highest BCUT2D eigenvalue weighted by molar-refractivity contribution is 6.07. The fourth-order valence-electron chi connectivity index (χ4n) is 8.33.